The quantitative estimate of drug-likeness (QED) is 0.513. The van der Waals surface area contributed by atoms with Gasteiger partial charge in [0.25, 0.3) is 0 Å². The number of carbonyl (C=O) groups excluding carboxylic acids is 1. The number of rotatable bonds is 7. The second kappa shape index (κ2) is 9.34. The Morgan fingerprint density at radius 3 is 2.82 bits per heavy atom. The molecule has 180 valence electrons. The molecule has 0 radical (unpaired) electrons. The second-order valence-electron chi connectivity index (χ2n) is 9.35. The summed E-state index contributed by atoms with van der Waals surface area (Å²) in [6, 6.07) is 11.4. The van der Waals surface area contributed by atoms with Crippen LogP contribution in [0.4, 0.5) is 5.69 Å². The number of pyridine rings is 1. The lowest BCUT2D eigenvalue weighted by molar-refractivity contribution is -0.992. The van der Waals surface area contributed by atoms with Crippen LogP contribution in [0.2, 0.25) is 0 Å². The maximum Gasteiger partial charge on any atom is 0.315 e. The van der Waals surface area contributed by atoms with Crippen molar-refractivity contribution in [2.75, 3.05) is 26.8 Å². The van der Waals surface area contributed by atoms with Crippen LogP contribution in [-0.2, 0) is 29.0 Å². The predicted octanol–water partition coefficient (Wildman–Crippen LogP) is 1.43. The van der Waals surface area contributed by atoms with Gasteiger partial charge >= 0.3 is 5.56 Å². The number of amides is 1. The molecular formula is C25H30N4O5. The van der Waals surface area contributed by atoms with E-state index in [9.17, 15) is 20.0 Å². The van der Waals surface area contributed by atoms with E-state index in [2.05, 4.69) is 22.9 Å². The zero-order valence-corrected chi connectivity index (χ0v) is 19.3. The second-order valence-corrected chi connectivity index (χ2v) is 9.35. The standard InChI is InChI=1S/C25H30N4O5/c1-34-11-10-26-15-18(20-4-2-3-5-22(20)26)6-9-24(30)27-13-17-12-19(16-27)21-7-8-23(29(32)33)25(31)28(21)14-17/h2-5,7-8,15,17,19,29,32H,6,9-14,16H2,1H3/t17-,19?/m0/s1. The van der Waals surface area contributed by atoms with Crippen molar-refractivity contribution in [1.29, 1.82) is 0 Å². The van der Waals surface area contributed by atoms with Gasteiger partial charge in [-0.05, 0) is 36.5 Å². The summed E-state index contributed by atoms with van der Waals surface area (Å²) >= 11 is 0. The van der Waals surface area contributed by atoms with E-state index in [0.717, 1.165) is 29.7 Å². The Bertz CT molecular complexity index is 1260. The first-order chi connectivity index (χ1) is 16.5. The summed E-state index contributed by atoms with van der Waals surface area (Å²) in [7, 11) is 1.69. The highest BCUT2D eigenvalue weighted by molar-refractivity contribution is 5.85. The van der Waals surface area contributed by atoms with Gasteiger partial charge in [0.1, 0.15) is 0 Å². The molecule has 2 unspecified atom stereocenters. The molecule has 4 heterocycles. The number of nitrogens with zero attached hydrogens (tertiary/aromatic N) is 3. The van der Waals surface area contributed by atoms with Gasteiger partial charge in [0.2, 0.25) is 11.6 Å². The number of piperidine rings is 1. The van der Waals surface area contributed by atoms with E-state index >= 15 is 0 Å². The first-order valence-corrected chi connectivity index (χ1v) is 11.8. The number of aryl methyl sites for hydroxylation is 1. The van der Waals surface area contributed by atoms with E-state index in [0.29, 0.717) is 39.1 Å². The summed E-state index contributed by atoms with van der Waals surface area (Å²) in [5.41, 5.74) is 2.52. The average Bonchev–Trinajstić information content (AvgIpc) is 3.19. The third-order valence-corrected chi connectivity index (χ3v) is 7.20. The Hall–Kier alpha value is -2.98. The van der Waals surface area contributed by atoms with Gasteiger partial charge in [-0.25, -0.2) is 5.21 Å². The van der Waals surface area contributed by atoms with E-state index < -0.39 is 10.8 Å². The largest absolute Gasteiger partial charge is 0.595 e. The van der Waals surface area contributed by atoms with Crippen LogP contribution in [0, 0.1) is 11.1 Å². The molecule has 9 heteroatoms. The smallest absolute Gasteiger partial charge is 0.315 e. The van der Waals surface area contributed by atoms with E-state index in [1.807, 2.05) is 17.0 Å². The third-order valence-electron chi connectivity index (χ3n) is 7.20. The number of para-hydroxylation sites is 1. The van der Waals surface area contributed by atoms with Crippen LogP contribution >= 0.6 is 0 Å². The topological polar surface area (TPSA) is 104 Å². The first-order valence-electron chi connectivity index (χ1n) is 11.8. The van der Waals surface area contributed by atoms with Gasteiger partial charge in [0, 0.05) is 74.5 Å². The third kappa shape index (κ3) is 4.16. The van der Waals surface area contributed by atoms with Crippen molar-refractivity contribution in [3.05, 3.63) is 69.4 Å². The van der Waals surface area contributed by atoms with Crippen LogP contribution in [0.1, 0.15) is 30.0 Å². The molecule has 0 aliphatic carbocycles. The summed E-state index contributed by atoms with van der Waals surface area (Å²) in [4.78, 5) is 27.8. The van der Waals surface area contributed by atoms with Crippen LogP contribution in [0.3, 0.4) is 0 Å². The van der Waals surface area contributed by atoms with Crippen LogP contribution in [0.5, 0.6) is 0 Å². The molecule has 1 fully saturated rings. The Labute approximate surface area is 197 Å². The normalized spacial score (nSPS) is 20.4. The minimum absolute atomic E-state index is 0.0583. The molecule has 3 aromatic rings. The number of quaternary nitrogens is 1. The summed E-state index contributed by atoms with van der Waals surface area (Å²) in [6.45, 7) is 3.03. The minimum atomic E-state index is -1.20. The van der Waals surface area contributed by atoms with Gasteiger partial charge in [-0.3, -0.25) is 9.59 Å². The summed E-state index contributed by atoms with van der Waals surface area (Å²) in [5, 5.41) is 20.6. The molecule has 5 rings (SSSR count). The van der Waals surface area contributed by atoms with Crippen molar-refractivity contribution in [1.82, 2.24) is 14.0 Å². The van der Waals surface area contributed by atoms with Crippen molar-refractivity contribution < 1.29 is 20.0 Å². The van der Waals surface area contributed by atoms with E-state index in [1.165, 1.54) is 11.5 Å². The molecular weight excluding hydrogens is 436 g/mol. The maximum absolute atomic E-state index is 13.2. The average molecular weight is 467 g/mol. The molecule has 9 nitrogen and oxygen atoms in total. The molecule has 1 saturated heterocycles. The monoisotopic (exact) mass is 466 g/mol. The highest BCUT2D eigenvalue weighted by atomic mass is 16.8. The number of fused-ring (bicyclic) bond motifs is 5. The highest BCUT2D eigenvalue weighted by Gasteiger charge is 2.37. The summed E-state index contributed by atoms with van der Waals surface area (Å²) in [6.07, 6.45) is 4.15. The highest BCUT2D eigenvalue weighted by Crippen LogP contribution is 2.35. The van der Waals surface area contributed by atoms with Crippen molar-refractivity contribution in [3.63, 3.8) is 0 Å². The number of methoxy groups -OCH3 is 1. The molecule has 0 saturated carbocycles. The Kier molecular flexibility index (Phi) is 6.26. The number of carbonyl (C=O) groups is 1. The number of benzene rings is 1. The number of aromatic nitrogens is 2. The molecule has 3 atom stereocenters. The van der Waals surface area contributed by atoms with Gasteiger partial charge in [0.15, 0.2) is 0 Å². The van der Waals surface area contributed by atoms with Crippen molar-refractivity contribution in [2.45, 2.75) is 38.3 Å². The van der Waals surface area contributed by atoms with E-state index in [1.54, 1.807) is 17.7 Å². The Morgan fingerprint density at radius 1 is 1.21 bits per heavy atom. The van der Waals surface area contributed by atoms with Crippen LogP contribution in [-0.4, -0.2) is 52.0 Å². The zero-order chi connectivity index (χ0) is 23.8. The van der Waals surface area contributed by atoms with Crippen molar-refractivity contribution in [2.24, 2.45) is 5.92 Å². The number of nitrogens with one attached hydrogen (secondary N) is 1. The van der Waals surface area contributed by atoms with E-state index in [-0.39, 0.29) is 23.4 Å². The molecule has 0 spiro atoms. The van der Waals surface area contributed by atoms with Crippen LogP contribution in [0.25, 0.3) is 10.9 Å². The minimum Gasteiger partial charge on any atom is -0.595 e. The fourth-order valence-electron chi connectivity index (χ4n) is 5.61. The molecule has 34 heavy (non-hydrogen) atoms. The van der Waals surface area contributed by atoms with Crippen LogP contribution in [0.15, 0.2) is 47.4 Å². The molecule has 1 amide bonds. The lowest BCUT2D eigenvalue weighted by Gasteiger charge is -2.43. The zero-order valence-electron chi connectivity index (χ0n) is 19.3. The molecule has 2 bridgehead atoms. The fourth-order valence-corrected chi connectivity index (χ4v) is 5.61. The lowest BCUT2D eigenvalue weighted by Crippen LogP contribution is -3.00. The first kappa shape index (κ1) is 22.8. The molecule has 2 N–H and O–H groups in total. The fraction of sp³-hybridized carbons (Fsp3) is 0.440. The molecule has 2 aliphatic heterocycles. The Balaban J connectivity index is 1.30. The van der Waals surface area contributed by atoms with Gasteiger partial charge in [0.05, 0.1) is 6.61 Å². The van der Waals surface area contributed by atoms with Gasteiger partial charge in [-0.15, -0.1) is 0 Å². The lowest BCUT2D eigenvalue weighted by atomic mass is 9.83. The number of ether oxygens (including phenoxy) is 1. The number of hydrogen-bond donors (Lipinski definition) is 2. The SMILES string of the molecule is COCCn1cc(CCC(=O)N2CC3C[C@@H](C2)Cn2c3ccc([NH+]([O-])O)c2=O)c2ccccc21. The van der Waals surface area contributed by atoms with Gasteiger partial charge < -0.3 is 24.0 Å². The van der Waals surface area contributed by atoms with Gasteiger partial charge in [-0.2, -0.15) is 5.23 Å². The molecule has 2 aromatic heterocycles. The summed E-state index contributed by atoms with van der Waals surface area (Å²) < 4.78 is 9.03. The van der Waals surface area contributed by atoms with Crippen molar-refractivity contribution >= 4 is 22.5 Å². The van der Waals surface area contributed by atoms with E-state index in [4.69, 9.17) is 4.74 Å². The number of likely N-dealkylation sites (tertiary alicyclic amines) is 1. The number of hydrogen-bond acceptors (Lipinski definition) is 5. The van der Waals surface area contributed by atoms with Crippen LogP contribution < -0.4 is 10.8 Å². The molecule has 1 aromatic carbocycles. The van der Waals surface area contributed by atoms with Gasteiger partial charge in [-0.1, -0.05) is 18.2 Å². The Morgan fingerprint density at radius 2 is 2.03 bits per heavy atom. The summed E-state index contributed by atoms with van der Waals surface area (Å²) in [5.74, 6) is 0.345. The van der Waals surface area contributed by atoms with Crippen molar-refractivity contribution in [3.8, 4) is 0 Å². The predicted molar refractivity (Wildman–Crippen MR) is 126 cm³/mol. The maximum atomic E-state index is 13.2. The molecule has 2 aliphatic rings.